The molecule has 0 bridgehead atoms. The normalized spacial score (nSPS) is 19.9. The van der Waals surface area contributed by atoms with Crippen molar-refractivity contribution in [3.05, 3.63) is 29.3 Å². The van der Waals surface area contributed by atoms with Crippen LogP contribution in [0.5, 0.6) is 0 Å². The molecular weight excluding hydrogens is 250 g/mol. The Morgan fingerprint density at radius 3 is 2.55 bits per heavy atom. The van der Waals surface area contributed by atoms with E-state index in [4.69, 9.17) is 0 Å². The number of carbonyl (C=O) groups is 2. The molecule has 0 atom stereocenters. The van der Waals surface area contributed by atoms with Gasteiger partial charge in [-0.2, -0.15) is 0 Å². The Hall–Kier alpha value is -1.64. The monoisotopic (exact) mass is 271 g/mol. The number of nitrogens with zero attached hydrogens (tertiary/aromatic N) is 1. The van der Waals surface area contributed by atoms with E-state index >= 15 is 0 Å². The number of hydrogen-bond donors (Lipinski definition) is 0. The minimum atomic E-state index is 0.110. The van der Waals surface area contributed by atoms with Crippen LogP contribution in [0, 0.1) is 5.92 Å². The summed E-state index contributed by atoms with van der Waals surface area (Å²) >= 11 is 0. The number of likely N-dealkylation sites (N-methyl/N-ethyl adjacent to an activating group) is 1. The van der Waals surface area contributed by atoms with E-state index in [0.29, 0.717) is 6.42 Å². The fourth-order valence-electron chi connectivity index (χ4n) is 3.40. The van der Waals surface area contributed by atoms with Crippen molar-refractivity contribution in [3.8, 4) is 0 Å². The SMILES string of the molecule is CN1C(=O)Cc2cc(C(=O)C3CCCCCC3)ccc21. The molecule has 106 valence electrons. The molecule has 0 radical (unpaired) electrons. The summed E-state index contributed by atoms with van der Waals surface area (Å²) in [6.45, 7) is 0. The van der Waals surface area contributed by atoms with Crippen molar-refractivity contribution in [1.29, 1.82) is 0 Å². The van der Waals surface area contributed by atoms with Crippen LogP contribution in [0.3, 0.4) is 0 Å². The zero-order valence-corrected chi connectivity index (χ0v) is 12.0. The lowest BCUT2D eigenvalue weighted by molar-refractivity contribution is -0.117. The summed E-state index contributed by atoms with van der Waals surface area (Å²) in [5.41, 5.74) is 2.74. The second kappa shape index (κ2) is 5.39. The summed E-state index contributed by atoms with van der Waals surface area (Å²) in [5, 5.41) is 0. The highest BCUT2D eigenvalue weighted by Gasteiger charge is 2.27. The zero-order chi connectivity index (χ0) is 14.1. The lowest BCUT2D eigenvalue weighted by Gasteiger charge is -2.14. The van der Waals surface area contributed by atoms with Crippen LogP contribution in [0.25, 0.3) is 0 Å². The number of anilines is 1. The molecule has 1 aliphatic carbocycles. The predicted octanol–water partition coefficient (Wildman–Crippen LogP) is 3.36. The molecule has 1 amide bonds. The van der Waals surface area contributed by atoms with Gasteiger partial charge >= 0.3 is 0 Å². The zero-order valence-electron chi connectivity index (χ0n) is 12.0. The van der Waals surface area contributed by atoms with E-state index in [1.807, 2.05) is 18.2 Å². The van der Waals surface area contributed by atoms with Crippen LogP contribution in [-0.2, 0) is 11.2 Å². The molecule has 1 aliphatic heterocycles. The average molecular weight is 271 g/mol. The fraction of sp³-hybridized carbons (Fsp3) is 0.529. The fourth-order valence-corrected chi connectivity index (χ4v) is 3.40. The van der Waals surface area contributed by atoms with Gasteiger partial charge in [0.2, 0.25) is 5.91 Å². The lowest BCUT2D eigenvalue weighted by atomic mass is 9.90. The molecule has 2 aliphatic rings. The van der Waals surface area contributed by atoms with Gasteiger partial charge in [-0.15, -0.1) is 0 Å². The van der Waals surface area contributed by atoms with Crippen LogP contribution in [0.2, 0.25) is 0 Å². The molecule has 3 heteroatoms. The quantitative estimate of drug-likeness (QED) is 0.611. The van der Waals surface area contributed by atoms with Crippen LogP contribution >= 0.6 is 0 Å². The Morgan fingerprint density at radius 2 is 1.85 bits per heavy atom. The number of rotatable bonds is 2. The molecule has 1 saturated carbocycles. The number of benzene rings is 1. The second-order valence-electron chi connectivity index (χ2n) is 6.03. The Bertz CT molecular complexity index is 542. The molecule has 3 nitrogen and oxygen atoms in total. The van der Waals surface area contributed by atoms with Gasteiger partial charge < -0.3 is 4.90 Å². The van der Waals surface area contributed by atoms with Crippen LogP contribution in [0.15, 0.2) is 18.2 Å². The van der Waals surface area contributed by atoms with E-state index in [9.17, 15) is 9.59 Å². The Labute approximate surface area is 120 Å². The first kappa shape index (κ1) is 13.3. The third kappa shape index (κ3) is 2.37. The molecule has 1 aromatic rings. The Morgan fingerprint density at radius 1 is 1.15 bits per heavy atom. The van der Waals surface area contributed by atoms with E-state index < -0.39 is 0 Å². The van der Waals surface area contributed by atoms with Crippen molar-refractivity contribution in [3.63, 3.8) is 0 Å². The first-order valence-corrected chi connectivity index (χ1v) is 7.60. The molecule has 0 aromatic heterocycles. The molecule has 20 heavy (non-hydrogen) atoms. The summed E-state index contributed by atoms with van der Waals surface area (Å²) < 4.78 is 0. The second-order valence-corrected chi connectivity index (χ2v) is 6.03. The first-order chi connectivity index (χ1) is 9.66. The molecular formula is C17H21NO2. The van der Waals surface area contributed by atoms with Crippen molar-refractivity contribution in [2.24, 2.45) is 5.92 Å². The Balaban J connectivity index is 1.82. The molecule has 1 heterocycles. The molecule has 0 spiro atoms. The van der Waals surface area contributed by atoms with Crippen molar-refractivity contribution >= 4 is 17.4 Å². The summed E-state index contributed by atoms with van der Waals surface area (Å²) in [5.74, 6) is 0.571. The molecule has 1 aromatic carbocycles. The third-order valence-corrected chi connectivity index (χ3v) is 4.67. The summed E-state index contributed by atoms with van der Waals surface area (Å²) in [4.78, 5) is 26.0. The average Bonchev–Trinajstić information content (AvgIpc) is 2.65. The maximum absolute atomic E-state index is 12.6. The van der Waals surface area contributed by atoms with E-state index in [1.54, 1.807) is 11.9 Å². The molecule has 1 fully saturated rings. The highest BCUT2D eigenvalue weighted by molar-refractivity contribution is 6.03. The van der Waals surface area contributed by atoms with Gasteiger partial charge in [0.25, 0.3) is 0 Å². The topological polar surface area (TPSA) is 37.4 Å². The van der Waals surface area contributed by atoms with Crippen molar-refractivity contribution in [2.45, 2.75) is 44.9 Å². The standard InChI is InChI=1S/C17H21NO2/c1-18-15-9-8-13(10-14(15)11-16(18)19)17(20)12-6-4-2-3-5-7-12/h8-10,12H,2-7,11H2,1H3. The number of hydrogen-bond acceptors (Lipinski definition) is 2. The Kier molecular flexibility index (Phi) is 3.60. The smallest absolute Gasteiger partial charge is 0.231 e. The van der Waals surface area contributed by atoms with Gasteiger partial charge in [-0.25, -0.2) is 0 Å². The number of amides is 1. The van der Waals surface area contributed by atoms with E-state index in [1.165, 1.54) is 25.7 Å². The maximum atomic E-state index is 12.6. The van der Waals surface area contributed by atoms with Gasteiger partial charge in [-0.3, -0.25) is 9.59 Å². The summed E-state index contributed by atoms with van der Waals surface area (Å²) in [7, 11) is 1.79. The van der Waals surface area contributed by atoms with Crippen LogP contribution in [0.1, 0.15) is 54.4 Å². The number of Topliss-reactive ketones (excluding diaryl/α,β-unsaturated/α-hetero) is 1. The predicted molar refractivity (Wildman–Crippen MR) is 79.1 cm³/mol. The number of fused-ring (bicyclic) bond motifs is 1. The summed E-state index contributed by atoms with van der Waals surface area (Å²) in [6, 6.07) is 5.75. The first-order valence-electron chi connectivity index (χ1n) is 7.60. The molecule has 0 saturated heterocycles. The third-order valence-electron chi connectivity index (χ3n) is 4.67. The van der Waals surface area contributed by atoms with Gasteiger partial charge in [0, 0.05) is 24.2 Å². The van der Waals surface area contributed by atoms with Gasteiger partial charge in [-0.1, -0.05) is 25.7 Å². The van der Waals surface area contributed by atoms with Crippen LogP contribution in [-0.4, -0.2) is 18.7 Å². The van der Waals surface area contributed by atoms with E-state index in [-0.39, 0.29) is 17.6 Å². The lowest BCUT2D eigenvalue weighted by Crippen LogP contribution is -2.20. The van der Waals surface area contributed by atoms with E-state index in [2.05, 4.69) is 0 Å². The van der Waals surface area contributed by atoms with Gasteiger partial charge in [0.15, 0.2) is 5.78 Å². The van der Waals surface area contributed by atoms with Crippen LogP contribution < -0.4 is 4.90 Å². The van der Waals surface area contributed by atoms with Gasteiger partial charge in [0.1, 0.15) is 0 Å². The largest absolute Gasteiger partial charge is 0.315 e. The van der Waals surface area contributed by atoms with Gasteiger partial charge in [0.05, 0.1) is 6.42 Å². The summed E-state index contributed by atoms with van der Waals surface area (Å²) in [6.07, 6.45) is 7.33. The number of carbonyl (C=O) groups excluding carboxylic acids is 2. The van der Waals surface area contributed by atoms with Crippen molar-refractivity contribution in [1.82, 2.24) is 0 Å². The molecule has 0 N–H and O–H groups in total. The van der Waals surface area contributed by atoms with E-state index in [0.717, 1.165) is 29.7 Å². The highest BCUT2D eigenvalue weighted by atomic mass is 16.2. The molecule has 3 rings (SSSR count). The van der Waals surface area contributed by atoms with Crippen molar-refractivity contribution < 1.29 is 9.59 Å². The van der Waals surface area contributed by atoms with Crippen molar-refractivity contribution in [2.75, 3.05) is 11.9 Å². The minimum absolute atomic E-state index is 0.110. The molecule has 0 unspecified atom stereocenters. The van der Waals surface area contributed by atoms with Gasteiger partial charge in [-0.05, 0) is 36.6 Å². The maximum Gasteiger partial charge on any atom is 0.231 e. The minimum Gasteiger partial charge on any atom is -0.315 e. The van der Waals surface area contributed by atoms with Crippen LogP contribution in [0.4, 0.5) is 5.69 Å². The highest BCUT2D eigenvalue weighted by Crippen LogP contribution is 2.31. The number of ketones is 1.